The number of rotatable bonds is 6. The van der Waals surface area contributed by atoms with E-state index in [2.05, 4.69) is 65.2 Å². The fourth-order valence-corrected chi connectivity index (χ4v) is 3.62. The Kier molecular flexibility index (Phi) is 6.43. The highest BCUT2D eigenvalue weighted by Crippen LogP contribution is 2.22. The number of hydrogen-bond donors (Lipinski definition) is 1. The molecule has 2 heterocycles. The van der Waals surface area contributed by atoms with Crippen LogP contribution in [0, 0.1) is 11.8 Å². The number of aromatic nitrogens is 2. The lowest BCUT2D eigenvalue weighted by Crippen LogP contribution is -2.41. The molecule has 1 fully saturated rings. The van der Waals surface area contributed by atoms with Crippen molar-refractivity contribution >= 4 is 11.9 Å². The minimum Gasteiger partial charge on any atom is -0.349 e. The van der Waals surface area contributed by atoms with Gasteiger partial charge in [-0.2, -0.15) is 0 Å². The highest BCUT2D eigenvalue weighted by Gasteiger charge is 2.26. The van der Waals surface area contributed by atoms with E-state index in [1.807, 2.05) is 6.07 Å². The Bertz CT molecular complexity index is 722. The van der Waals surface area contributed by atoms with Gasteiger partial charge in [-0.3, -0.25) is 4.79 Å². The molecule has 0 spiro atoms. The van der Waals surface area contributed by atoms with Crippen molar-refractivity contribution in [2.24, 2.45) is 11.8 Å². The number of benzene rings is 1. The topological polar surface area (TPSA) is 58.1 Å². The van der Waals surface area contributed by atoms with Crippen LogP contribution in [0.4, 0.5) is 5.95 Å². The lowest BCUT2D eigenvalue weighted by molar-refractivity contribution is -0.126. The molecule has 144 valence electrons. The maximum absolute atomic E-state index is 12.7. The third kappa shape index (κ3) is 5.28. The summed E-state index contributed by atoms with van der Waals surface area (Å²) in [6.07, 6.45) is 6.28. The number of carbonyl (C=O) groups excluding carboxylic acids is 1. The molecule has 1 atom stereocenters. The Morgan fingerprint density at radius 3 is 2.33 bits per heavy atom. The quantitative estimate of drug-likeness (QED) is 0.845. The second-order valence-corrected chi connectivity index (χ2v) is 7.88. The summed E-state index contributed by atoms with van der Waals surface area (Å²) in [4.78, 5) is 23.4. The number of piperidine rings is 1. The van der Waals surface area contributed by atoms with E-state index in [1.54, 1.807) is 12.4 Å². The summed E-state index contributed by atoms with van der Waals surface area (Å²) >= 11 is 0. The molecule has 27 heavy (non-hydrogen) atoms. The van der Waals surface area contributed by atoms with Crippen LogP contribution in [0.25, 0.3) is 0 Å². The van der Waals surface area contributed by atoms with E-state index >= 15 is 0 Å². The summed E-state index contributed by atoms with van der Waals surface area (Å²) in [5, 5.41) is 3.19. The maximum atomic E-state index is 12.7. The van der Waals surface area contributed by atoms with Gasteiger partial charge in [-0.25, -0.2) is 9.97 Å². The Hall–Kier alpha value is -2.43. The molecule has 1 saturated heterocycles. The minimum absolute atomic E-state index is 0.0288. The monoisotopic (exact) mass is 366 g/mol. The molecular weight excluding hydrogens is 336 g/mol. The fraction of sp³-hybridized carbons (Fsp3) is 0.500. The molecule has 1 amide bonds. The van der Waals surface area contributed by atoms with Gasteiger partial charge in [0.25, 0.3) is 0 Å². The molecule has 1 aromatic heterocycles. The Morgan fingerprint density at radius 1 is 1.11 bits per heavy atom. The van der Waals surface area contributed by atoms with E-state index in [0.29, 0.717) is 5.92 Å². The zero-order chi connectivity index (χ0) is 19.2. The van der Waals surface area contributed by atoms with Gasteiger partial charge in [0.05, 0.1) is 6.04 Å². The first kappa shape index (κ1) is 19.3. The van der Waals surface area contributed by atoms with E-state index < -0.39 is 0 Å². The summed E-state index contributed by atoms with van der Waals surface area (Å²) in [5.74, 6) is 1.63. The van der Waals surface area contributed by atoms with Gasteiger partial charge in [0.15, 0.2) is 0 Å². The molecule has 1 unspecified atom stereocenters. The summed E-state index contributed by atoms with van der Waals surface area (Å²) in [6, 6.07) is 10.5. The number of carbonyl (C=O) groups is 1. The van der Waals surface area contributed by atoms with E-state index in [4.69, 9.17) is 0 Å². The number of nitrogens with one attached hydrogen (secondary N) is 1. The van der Waals surface area contributed by atoms with Crippen LogP contribution in [-0.4, -0.2) is 29.0 Å². The number of amides is 1. The van der Waals surface area contributed by atoms with Crippen molar-refractivity contribution in [1.29, 1.82) is 0 Å². The van der Waals surface area contributed by atoms with Crippen LogP contribution >= 0.6 is 0 Å². The van der Waals surface area contributed by atoms with Crippen molar-refractivity contribution in [1.82, 2.24) is 15.3 Å². The molecule has 5 heteroatoms. The molecule has 1 aliphatic rings. The zero-order valence-electron chi connectivity index (χ0n) is 16.6. The minimum atomic E-state index is 0.0288. The average molecular weight is 367 g/mol. The van der Waals surface area contributed by atoms with Gasteiger partial charge >= 0.3 is 0 Å². The first-order valence-corrected chi connectivity index (χ1v) is 9.94. The second kappa shape index (κ2) is 8.98. The van der Waals surface area contributed by atoms with Crippen molar-refractivity contribution in [3.8, 4) is 0 Å². The molecular formula is C22H30N4O. The third-order valence-electron chi connectivity index (χ3n) is 5.18. The first-order valence-electron chi connectivity index (χ1n) is 9.94. The van der Waals surface area contributed by atoms with Gasteiger partial charge in [-0.15, -0.1) is 0 Å². The van der Waals surface area contributed by atoms with Gasteiger partial charge in [0.2, 0.25) is 11.9 Å². The van der Waals surface area contributed by atoms with Crippen LogP contribution in [0.15, 0.2) is 42.7 Å². The van der Waals surface area contributed by atoms with Crippen molar-refractivity contribution in [2.75, 3.05) is 18.0 Å². The molecule has 0 saturated carbocycles. The number of anilines is 1. The van der Waals surface area contributed by atoms with E-state index in [9.17, 15) is 4.79 Å². The lowest BCUT2D eigenvalue weighted by Gasteiger charge is -2.31. The lowest BCUT2D eigenvalue weighted by atomic mass is 9.95. The van der Waals surface area contributed by atoms with Gasteiger partial charge in [-0.05, 0) is 49.3 Å². The normalized spacial score (nSPS) is 16.4. The van der Waals surface area contributed by atoms with Crippen molar-refractivity contribution < 1.29 is 4.79 Å². The van der Waals surface area contributed by atoms with Crippen LogP contribution in [0.5, 0.6) is 0 Å². The molecule has 1 N–H and O–H groups in total. The zero-order valence-corrected chi connectivity index (χ0v) is 16.6. The highest BCUT2D eigenvalue weighted by atomic mass is 16.1. The Morgan fingerprint density at radius 2 is 1.74 bits per heavy atom. The molecule has 2 aromatic rings. The van der Waals surface area contributed by atoms with Crippen molar-refractivity contribution in [3.05, 3.63) is 53.9 Å². The Labute approximate surface area is 162 Å². The average Bonchev–Trinajstić information content (AvgIpc) is 2.69. The summed E-state index contributed by atoms with van der Waals surface area (Å²) in [5.41, 5.74) is 2.51. The molecule has 5 nitrogen and oxygen atoms in total. The first-order chi connectivity index (χ1) is 13.0. The van der Waals surface area contributed by atoms with Crippen molar-refractivity contribution in [2.45, 2.75) is 46.1 Å². The summed E-state index contributed by atoms with van der Waals surface area (Å²) < 4.78 is 0. The van der Waals surface area contributed by atoms with Gasteiger partial charge in [0, 0.05) is 31.4 Å². The molecule has 1 aliphatic heterocycles. The molecule has 0 bridgehead atoms. The van der Waals surface area contributed by atoms with Crippen molar-refractivity contribution in [3.63, 3.8) is 0 Å². The van der Waals surface area contributed by atoms with Gasteiger partial charge < -0.3 is 10.2 Å². The number of nitrogens with zero attached hydrogens (tertiary/aromatic N) is 3. The standard InChI is InChI=1S/C22H30N4O/c1-16(2)15-18-5-7-19(8-6-18)17(3)25-21(27)20-9-13-26(14-10-20)22-23-11-4-12-24-22/h4-8,11-12,16-17,20H,9-10,13-15H2,1-3H3,(H,25,27). The smallest absolute Gasteiger partial charge is 0.225 e. The Balaban J connectivity index is 1.50. The van der Waals surface area contributed by atoms with Crippen LogP contribution in [0.3, 0.4) is 0 Å². The second-order valence-electron chi connectivity index (χ2n) is 7.88. The molecule has 0 radical (unpaired) electrons. The molecule has 1 aromatic carbocycles. The number of hydrogen-bond acceptors (Lipinski definition) is 4. The van der Waals surface area contributed by atoms with Crippen LogP contribution < -0.4 is 10.2 Å². The van der Waals surface area contributed by atoms with Gasteiger partial charge in [0.1, 0.15) is 0 Å². The predicted octanol–water partition coefficient (Wildman–Crippen LogP) is 3.77. The summed E-state index contributed by atoms with van der Waals surface area (Å²) in [6.45, 7) is 8.15. The largest absolute Gasteiger partial charge is 0.349 e. The SMILES string of the molecule is CC(C)Cc1ccc(C(C)NC(=O)C2CCN(c3ncccn3)CC2)cc1. The molecule has 0 aliphatic carbocycles. The van der Waals surface area contributed by atoms with E-state index in [-0.39, 0.29) is 17.9 Å². The predicted molar refractivity (Wildman–Crippen MR) is 109 cm³/mol. The van der Waals surface area contributed by atoms with Crippen LogP contribution in [0.1, 0.15) is 50.8 Å². The molecule has 3 rings (SSSR count). The van der Waals surface area contributed by atoms with Gasteiger partial charge in [-0.1, -0.05) is 38.1 Å². The highest BCUT2D eigenvalue weighted by molar-refractivity contribution is 5.79. The van der Waals surface area contributed by atoms with Crippen LogP contribution in [0.2, 0.25) is 0 Å². The van der Waals surface area contributed by atoms with E-state index in [0.717, 1.165) is 43.9 Å². The van der Waals surface area contributed by atoms with E-state index in [1.165, 1.54) is 5.56 Å². The van der Waals surface area contributed by atoms with Crippen LogP contribution in [-0.2, 0) is 11.2 Å². The fourth-order valence-electron chi connectivity index (χ4n) is 3.62. The summed E-state index contributed by atoms with van der Waals surface area (Å²) in [7, 11) is 0. The maximum Gasteiger partial charge on any atom is 0.225 e. The third-order valence-corrected chi connectivity index (χ3v) is 5.18.